The van der Waals surface area contributed by atoms with E-state index in [1.54, 1.807) is 13.8 Å². The Kier molecular flexibility index (Phi) is 6.51. The van der Waals surface area contributed by atoms with Gasteiger partial charge < -0.3 is 10.4 Å². The number of hydrogen-bond acceptors (Lipinski definition) is 6. The molecule has 1 saturated heterocycles. The average Bonchev–Trinajstić information content (AvgIpc) is 3.07. The molecule has 1 aliphatic heterocycles. The maximum atomic E-state index is 12.6. The number of phenols is 1. The zero-order valence-corrected chi connectivity index (χ0v) is 17.2. The Hall–Kier alpha value is -1.69. The number of rotatable bonds is 7. The van der Waals surface area contributed by atoms with Crippen molar-refractivity contribution in [1.82, 2.24) is 8.61 Å². The SMILES string of the molecule is CCN(CC)S(=O)(=O)c1ccc(O)c(NC(=O)[C@@H]2CCCN2S(C)(=O)=O)c1. The van der Waals surface area contributed by atoms with Crippen molar-refractivity contribution in [2.45, 2.75) is 37.6 Å². The number of amides is 1. The van der Waals surface area contributed by atoms with E-state index in [4.69, 9.17) is 0 Å². The standard InChI is InChI=1S/C16H25N3O6S2/c1-4-18(5-2)27(24,25)12-8-9-15(20)13(11-12)17-16(21)14-7-6-10-19(14)26(3,22)23/h8-9,11,14,20H,4-7,10H2,1-3H3,(H,17,21)/t14-/m0/s1. The predicted octanol–water partition coefficient (Wildman–Crippen LogP) is 0.785. The molecule has 0 aliphatic carbocycles. The number of carbonyl (C=O) groups is 1. The molecule has 2 N–H and O–H groups in total. The fourth-order valence-corrected chi connectivity index (χ4v) is 5.71. The zero-order valence-electron chi connectivity index (χ0n) is 15.5. The number of nitrogens with zero attached hydrogens (tertiary/aromatic N) is 2. The van der Waals surface area contributed by atoms with E-state index in [0.29, 0.717) is 12.8 Å². The summed E-state index contributed by atoms with van der Waals surface area (Å²) in [6.45, 7) is 4.24. The first kappa shape index (κ1) is 21.6. The molecule has 1 aliphatic rings. The number of hydrogen-bond donors (Lipinski definition) is 2. The molecular weight excluding hydrogens is 394 g/mol. The molecule has 0 aromatic heterocycles. The van der Waals surface area contributed by atoms with Gasteiger partial charge in [0.1, 0.15) is 11.8 Å². The second-order valence-electron chi connectivity index (χ2n) is 6.29. The van der Waals surface area contributed by atoms with Crippen LogP contribution in [0.1, 0.15) is 26.7 Å². The highest BCUT2D eigenvalue weighted by Crippen LogP contribution is 2.29. The van der Waals surface area contributed by atoms with E-state index in [1.807, 2.05) is 0 Å². The molecule has 1 heterocycles. The van der Waals surface area contributed by atoms with Gasteiger partial charge in [-0.15, -0.1) is 0 Å². The minimum Gasteiger partial charge on any atom is -0.506 e. The molecule has 0 unspecified atom stereocenters. The molecule has 11 heteroatoms. The number of phenolic OH excluding ortho intramolecular Hbond substituents is 1. The summed E-state index contributed by atoms with van der Waals surface area (Å²) < 4.78 is 51.2. The first-order chi connectivity index (χ1) is 12.5. The van der Waals surface area contributed by atoms with Crippen molar-refractivity contribution < 1.29 is 26.7 Å². The highest BCUT2D eigenvalue weighted by Gasteiger charge is 2.36. The molecule has 0 saturated carbocycles. The zero-order chi connectivity index (χ0) is 20.4. The molecule has 0 spiro atoms. The van der Waals surface area contributed by atoms with Gasteiger partial charge in [-0.05, 0) is 31.0 Å². The number of sulfonamides is 2. The van der Waals surface area contributed by atoms with Crippen molar-refractivity contribution in [2.75, 3.05) is 31.2 Å². The van der Waals surface area contributed by atoms with E-state index < -0.39 is 32.0 Å². The summed E-state index contributed by atoms with van der Waals surface area (Å²) >= 11 is 0. The number of anilines is 1. The Morgan fingerprint density at radius 3 is 2.44 bits per heavy atom. The lowest BCUT2D eigenvalue weighted by Crippen LogP contribution is -2.42. The topological polar surface area (TPSA) is 124 Å². The van der Waals surface area contributed by atoms with Crippen molar-refractivity contribution in [2.24, 2.45) is 0 Å². The largest absolute Gasteiger partial charge is 0.506 e. The Labute approximate surface area is 160 Å². The first-order valence-electron chi connectivity index (χ1n) is 8.63. The quantitative estimate of drug-likeness (QED) is 0.630. The van der Waals surface area contributed by atoms with Gasteiger partial charge in [-0.3, -0.25) is 4.79 Å². The summed E-state index contributed by atoms with van der Waals surface area (Å²) in [6.07, 6.45) is 1.94. The molecular formula is C16H25N3O6S2. The van der Waals surface area contributed by atoms with Gasteiger partial charge in [0.25, 0.3) is 0 Å². The molecule has 1 aromatic carbocycles. The summed E-state index contributed by atoms with van der Waals surface area (Å²) in [5.41, 5.74) is -0.0754. The molecule has 1 fully saturated rings. The van der Waals surface area contributed by atoms with Crippen LogP contribution in [0.2, 0.25) is 0 Å². The van der Waals surface area contributed by atoms with E-state index in [-0.39, 0.29) is 36.0 Å². The third-order valence-corrected chi connectivity index (χ3v) is 7.84. The molecule has 2 rings (SSSR count). The summed E-state index contributed by atoms with van der Waals surface area (Å²) in [6, 6.07) is 2.74. The molecule has 0 radical (unpaired) electrons. The Bertz CT molecular complexity index is 910. The van der Waals surface area contributed by atoms with Gasteiger partial charge in [0, 0.05) is 19.6 Å². The summed E-state index contributed by atoms with van der Waals surface area (Å²) in [5, 5.41) is 12.5. The Morgan fingerprint density at radius 1 is 1.26 bits per heavy atom. The average molecular weight is 420 g/mol. The Morgan fingerprint density at radius 2 is 1.89 bits per heavy atom. The summed E-state index contributed by atoms with van der Waals surface area (Å²) in [4.78, 5) is 12.5. The van der Waals surface area contributed by atoms with Crippen molar-refractivity contribution in [3.05, 3.63) is 18.2 Å². The lowest BCUT2D eigenvalue weighted by Gasteiger charge is -2.22. The second-order valence-corrected chi connectivity index (χ2v) is 10.2. The van der Waals surface area contributed by atoms with Crippen LogP contribution in [0.4, 0.5) is 5.69 Å². The summed E-state index contributed by atoms with van der Waals surface area (Å²) in [5.74, 6) is -0.906. The molecule has 152 valence electrons. The minimum atomic E-state index is -3.76. The molecule has 9 nitrogen and oxygen atoms in total. The fourth-order valence-electron chi connectivity index (χ4n) is 3.10. The monoisotopic (exact) mass is 419 g/mol. The van der Waals surface area contributed by atoms with Crippen LogP contribution in [-0.4, -0.2) is 68.4 Å². The van der Waals surface area contributed by atoms with Crippen molar-refractivity contribution in [3.63, 3.8) is 0 Å². The maximum absolute atomic E-state index is 12.6. The van der Waals surface area contributed by atoms with E-state index >= 15 is 0 Å². The van der Waals surface area contributed by atoms with Gasteiger partial charge in [-0.2, -0.15) is 8.61 Å². The lowest BCUT2D eigenvalue weighted by molar-refractivity contribution is -0.119. The first-order valence-corrected chi connectivity index (χ1v) is 11.9. The van der Waals surface area contributed by atoms with Crippen LogP contribution in [0.25, 0.3) is 0 Å². The third-order valence-electron chi connectivity index (χ3n) is 4.50. The van der Waals surface area contributed by atoms with Crippen molar-refractivity contribution >= 4 is 31.6 Å². The number of benzene rings is 1. The van der Waals surface area contributed by atoms with Gasteiger partial charge in [0.15, 0.2) is 0 Å². The van der Waals surface area contributed by atoms with Gasteiger partial charge in [0.05, 0.1) is 16.8 Å². The van der Waals surface area contributed by atoms with Crippen LogP contribution in [-0.2, 0) is 24.8 Å². The minimum absolute atomic E-state index is 0.0642. The second kappa shape index (κ2) is 8.13. The highest BCUT2D eigenvalue weighted by atomic mass is 32.2. The van der Waals surface area contributed by atoms with E-state index in [2.05, 4.69) is 5.32 Å². The highest BCUT2D eigenvalue weighted by molar-refractivity contribution is 7.89. The van der Waals surface area contributed by atoms with Gasteiger partial charge >= 0.3 is 0 Å². The van der Waals surface area contributed by atoms with Gasteiger partial charge in [-0.25, -0.2) is 16.8 Å². The van der Waals surface area contributed by atoms with Crippen LogP contribution in [0.5, 0.6) is 5.75 Å². The summed E-state index contributed by atoms with van der Waals surface area (Å²) in [7, 11) is -7.31. The molecule has 27 heavy (non-hydrogen) atoms. The molecule has 1 amide bonds. The molecule has 1 aromatic rings. The number of nitrogens with one attached hydrogen (secondary N) is 1. The smallest absolute Gasteiger partial charge is 0.243 e. The van der Waals surface area contributed by atoms with Gasteiger partial charge in [0.2, 0.25) is 26.0 Å². The van der Waals surface area contributed by atoms with Crippen LogP contribution >= 0.6 is 0 Å². The van der Waals surface area contributed by atoms with Crippen LogP contribution in [0.3, 0.4) is 0 Å². The number of carbonyl (C=O) groups excluding carboxylic acids is 1. The normalized spacial score (nSPS) is 18.7. The third kappa shape index (κ3) is 4.60. The van der Waals surface area contributed by atoms with E-state index in [0.717, 1.165) is 10.6 Å². The van der Waals surface area contributed by atoms with Crippen LogP contribution in [0, 0.1) is 0 Å². The van der Waals surface area contributed by atoms with E-state index in [9.17, 15) is 26.7 Å². The van der Waals surface area contributed by atoms with Crippen LogP contribution < -0.4 is 5.32 Å². The molecule has 0 bridgehead atoms. The predicted molar refractivity (Wildman–Crippen MR) is 101 cm³/mol. The molecule has 1 atom stereocenters. The maximum Gasteiger partial charge on any atom is 0.243 e. The Balaban J connectivity index is 2.31. The van der Waals surface area contributed by atoms with Gasteiger partial charge in [-0.1, -0.05) is 13.8 Å². The van der Waals surface area contributed by atoms with Crippen LogP contribution in [0.15, 0.2) is 23.1 Å². The van der Waals surface area contributed by atoms with Crippen molar-refractivity contribution in [1.29, 1.82) is 0 Å². The van der Waals surface area contributed by atoms with Crippen molar-refractivity contribution in [3.8, 4) is 5.75 Å². The number of aromatic hydroxyl groups is 1. The van der Waals surface area contributed by atoms with E-state index in [1.165, 1.54) is 22.5 Å². The lowest BCUT2D eigenvalue weighted by atomic mass is 10.2. The fraction of sp³-hybridized carbons (Fsp3) is 0.562.